The Labute approximate surface area is 394 Å². The lowest BCUT2D eigenvalue weighted by atomic mass is 9.96. The summed E-state index contributed by atoms with van der Waals surface area (Å²) < 4.78 is 0. The fourth-order valence-corrected chi connectivity index (χ4v) is 7.84. The lowest BCUT2D eigenvalue weighted by molar-refractivity contribution is -0.147. The van der Waals surface area contributed by atoms with E-state index >= 15 is 0 Å². The summed E-state index contributed by atoms with van der Waals surface area (Å²) in [5.41, 5.74) is 16.8. The minimum absolute atomic E-state index is 0.00592. The van der Waals surface area contributed by atoms with Crippen LogP contribution in [0.4, 0.5) is 0 Å². The minimum Gasteiger partial charge on any atom is -0.481 e. The van der Waals surface area contributed by atoms with Crippen molar-refractivity contribution >= 4 is 77.8 Å². The van der Waals surface area contributed by atoms with E-state index in [1.54, 1.807) is 27.7 Å². The molecule has 2 heterocycles. The van der Waals surface area contributed by atoms with Crippen LogP contribution in [0.15, 0.2) is 4.99 Å². The van der Waals surface area contributed by atoms with Gasteiger partial charge in [-0.25, -0.2) is 4.79 Å². The number of aliphatic carboxylic acids is 2. The molecule has 0 unspecified atom stereocenters. The molecule has 0 aliphatic carbocycles. The number of nitrogens with one attached hydrogen (secondary N) is 6. The topological polar surface area (TPSA) is 400 Å². The van der Waals surface area contributed by atoms with Crippen molar-refractivity contribution in [1.29, 1.82) is 0 Å². The van der Waals surface area contributed by atoms with Gasteiger partial charge in [0.1, 0.15) is 48.3 Å². The summed E-state index contributed by atoms with van der Waals surface area (Å²) in [7, 11) is 0. The van der Waals surface area contributed by atoms with Crippen LogP contribution in [-0.4, -0.2) is 177 Å². The number of carbonyl (C=O) groups excluding carboxylic acids is 8. The summed E-state index contributed by atoms with van der Waals surface area (Å²) in [6.07, 6.45) is 1.40. The molecule has 2 rings (SSSR count). The minimum atomic E-state index is -1.83. The first-order valence-electron chi connectivity index (χ1n) is 22.4. The second-order valence-electron chi connectivity index (χ2n) is 17.2. The Kier molecular flexibility index (Phi) is 23.8. The fourth-order valence-electron chi connectivity index (χ4n) is 7.58. The summed E-state index contributed by atoms with van der Waals surface area (Å²) in [5.74, 6) is -10.6. The number of guanidine groups is 1. The molecule has 8 amide bonds. The predicted molar refractivity (Wildman–Crippen MR) is 244 cm³/mol. The van der Waals surface area contributed by atoms with E-state index in [4.69, 9.17) is 17.2 Å². The molecule has 0 aromatic carbocycles. The van der Waals surface area contributed by atoms with Gasteiger partial charge in [-0.2, -0.15) is 12.6 Å². The van der Waals surface area contributed by atoms with Gasteiger partial charge in [0.15, 0.2) is 5.96 Å². The van der Waals surface area contributed by atoms with E-state index in [2.05, 4.69) is 44.2 Å². The number of hydrogen-bond acceptors (Lipinski definition) is 14. The second kappa shape index (κ2) is 27.8. The standard InChI is InChI=1S/C41H70N12O13S/c1-6-21(4)31(37(62)50-27(19-67)35(60)48-25(17-30(55)56)33(58)49-26(18-54)40(65)66)51-34(59)24(16-20(2)3)47-32(57)23(10-7-13-45-41(43)44)46-36(61)28-11-8-14-52(28)39(64)29-12-9-15-53(29)38(63)22(5)42/h20-29,31,54,67H,6-19,42H2,1-5H3,(H,46,61)(H,47,57)(H,48,60)(H,49,58)(H,50,62)(H,51,59)(H,55,56)(H,65,66)(H4,43,44,45)/t21-,22-,23-,24-,25-,26-,27-,28-,29-,31-/m0/s1. The van der Waals surface area contributed by atoms with Crippen molar-refractivity contribution in [3.63, 3.8) is 0 Å². The third kappa shape index (κ3) is 17.8. The zero-order chi connectivity index (χ0) is 50.7. The highest BCUT2D eigenvalue weighted by atomic mass is 32.1. The molecule has 2 fully saturated rings. The van der Waals surface area contributed by atoms with E-state index in [0.29, 0.717) is 32.2 Å². The molecule has 26 heteroatoms. The van der Waals surface area contributed by atoms with Crippen LogP contribution >= 0.6 is 12.6 Å². The van der Waals surface area contributed by atoms with Crippen molar-refractivity contribution in [1.82, 2.24) is 41.7 Å². The van der Waals surface area contributed by atoms with Gasteiger partial charge in [0, 0.05) is 25.4 Å². The van der Waals surface area contributed by atoms with Crippen LogP contribution in [0.5, 0.6) is 0 Å². The number of aliphatic hydroxyl groups excluding tert-OH is 1. The number of carbonyl (C=O) groups is 10. The summed E-state index contributed by atoms with van der Waals surface area (Å²) >= 11 is 4.13. The monoisotopic (exact) mass is 970 g/mol. The van der Waals surface area contributed by atoms with Gasteiger partial charge in [0.05, 0.1) is 19.1 Å². The number of rotatable bonds is 27. The van der Waals surface area contributed by atoms with Gasteiger partial charge in [0.2, 0.25) is 47.3 Å². The van der Waals surface area contributed by atoms with Crippen molar-refractivity contribution in [3.05, 3.63) is 0 Å². The molecule has 0 aromatic rings. The van der Waals surface area contributed by atoms with Crippen molar-refractivity contribution < 1.29 is 63.3 Å². The van der Waals surface area contributed by atoms with Gasteiger partial charge in [-0.1, -0.05) is 34.1 Å². The van der Waals surface area contributed by atoms with Crippen molar-refractivity contribution in [2.45, 2.75) is 147 Å². The second-order valence-corrected chi connectivity index (χ2v) is 17.6. The Morgan fingerprint density at radius 3 is 1.79 bits per heavy atom. The first kappa shape index (κ1) is 57.4. The zero-order valence-corrected chi connectivity index (χ0v) is 39.6. The number of amides is 8. The molecule has 25 nitrogen and oxygen atoms in total. The van der Waals surface area contributed by atoms with Crippen molar-refractivity contribution in [2.75, 3.05) is 32.0 Å². The SMILES string of the molecule is CC[C@H](C)[C@H](NC(=O)[C@H](CC(C)C)NC(=O)[C@H](CCCN=C(N)N)NC(=O)[C@@H]1CCCN1C(=O)[C@@H]1CCCN1C(=O)[C@H](C)N)C(=O)N[C@@H](CS)C(=O)N[C@@H](CC(=O)O)C(=O)N[C@@H](CO)C(=O)O. The third-order valence-electron chi connectivity index (χ3n) is 11.4. The Bertz CT molecular complexity index is 1820. The number of nitrogens with zero attached hydrogens (tertiary/aromatic N) is 3. The van der Waals surface area contributed by atoms with E-state index in [0.717, 1.165) is 0 Å². The molecule has 0 spiro atoms. The van der Waals surface area contributed by atoms with Gasteiger partial charge in [-0.3, -0.25) is 48.1 Å². The highest BCUT2D eigenvalue weighted by Gasteiger charge is 2.43. The van der Waals surface area contributed by atoms with E-state index in [1.807, 2.05) is 5.32 Å². The number of aliphatic hydroxyl groups is 1. The highest BCUT2D eigenvalue weighted by molar-refractivity contribution is 7.80. The average Bonchev–Trinajstić information content (AvgIpc) is 3.96. The fraction of sp³-hybridized carbons (Fsp3) is 0.732. The molecule has 2 aliphatic heterocycles. The first-order valence-corrected chi connectivity index (χ1v) is 23.0. The molecule has 0 bridgehead atoms. The Morgan fingerprint density at radius 1 is 0.716 bits per heavy atom. The zero-order valence-electron chi connectivity index (χ0n) is 38.7. The molecule has 378 valence electrons. The average molecular weight is 971 g/mol. The largest absolute Gasteiger partial charge is 0.481 e. The number of carboxylic acid groups (broad SMARTS) is 2. The predicted octanol–water partition coefficient (Wildman–Crippen LogP) is -4.15. The van der Waals surface area contributed by atoms with Crippen molar-refractivity contribution in [2.24, 2.45) is 34.0 Å². The van der Waals surface area contributed by atoms with Crippen LogP contribution in [-0.2, 0) is 47.9 Å². The van der Waals surface area contributed by atoms with Crippen LogP contribution in [0.2, 0.25) is 0 Å². The number of nitrogens with two attached hydrogens (primary N) is 3. The quantitative estimate of drug-likeness (QED) is 0.0161. The van der Waals surface area contributed by atoms with Gasteiger partial charge < -0.3 is 74.2 Å². The van der Waals surface area contributed by atoms with Crippen molar-refractivity contribution in [3.8, 4) is 0 Å². The van der Waals surface area contributed by atoms with Gasteiger partial charge in [-0.05, 0) is 63.7 Å². The van der Waals surface area contributed by atoms with Gasteiger partial charge in [0.25, 0.3) is 0 Å². The molecule has 2 saturated heterocycles. The van der Waals surface area contributed by atoms with E-state index < -0.39 is 127 Å². The molecule has 67 heavy (non-hydrogen) atoms. The molecule has 15 N–H and O–H groups in total. The third-order valence-corrected chi connectivity index (χ3v) is 11.8. The summed E-state index contributed by atoms with van der Waals surface area (Å²) in [6, 6.07) is -11.6. The molecule has 0 radical (unpaired) electrons. The lowest BCUT2D eigenvalue weighted by Crippen LogP contribution is -2.61. The van der Waals surface area contributed by atoms with E-state index in [-0.39, 0.29) is 62.3 Å². The van der Waals surface area contributed by atoms with Crippen LogP contribution in [0.25, 0.3) is 0 Å². The Balaban J connectivity index is 2.33. The van der Waals surface area contributed by atoms with Gasteiger partial charge >= 0.3 is 11.9 Å². The Hall–Kier alpha value is -5.76. The molecule has 10 atom stereocenters. The summed E-state index contributed by atoms with van der Waals surface area (Å²) in [6.45, 7) is 8.15. The van der Waals surface area contributed by atoms with Gasteiger partial charge in [-0.15, -0.1) is 0 Å². The highest BCUT2D eigenvalue weighted by Crippen LogP contribution is 2.26. The van der Waals surface area contributed by atoms with E-state index in [1.165, 1.54) is 16.7 Å². The maximum absolute atomic E-state index is 14.1. The van der Waals surface area contributed by atoms with E-state index in [9.17, 15) is 63.3 Å². The summed E-state index contributed by atoms with van der Waals surface area (Å²) in [5, 5.41) is 42.5. The number of thiol groups is 1. The normalized spacial score (nSPS) is 19.3. The smallest absolute Gasteiger partial charge is 0.328 e. The number of hydrogen-bond donors (Lipinski definition) is 13. The molecule has 0 saturated carbocycles. The maximum atomic E-state index is 14.1. The number of carboxylic acids is 2. The maximum Gasteiger partial charge on any atom is 0.328 e. The number of aliphatic imine (C=N–C) groups is 1. The number of likely N-dealkylation sites (tertiary alicyclic amines) is 2. The first-order chi connectivity index (χ1) is 31.5. The molecule has 0 aromatic heterocycles. The molecule has 2 aliphatic rings. The molecular weight excluding hydrogens is 901 g/mol. The Morgan fingerprint density at radius 2 is 1.25 bits per heavy atom. The van der Waals surface area contributed by atoms with Crippen LogP contribution in [0.1, 0.15) is 92.4 Å². The van der Waals surface area contributed by atoms with Crippen LogP contribution in [0, 0.1) is 11.8 Å². The van der Waals surface area contributed by atoms with Crippen LogP contribution < -0.4 is 49.1 Å². The molecular formula is C41H70N12O13S. The lowest BCUT2D eigenvalue weighted by Gasteiger charge is -2.32. The summed E-state index contributed by atoms with van der Waals surface area (Å²) in [4.78, 5) is 138. The van der Waals surface area contributed by atoms with Crippen LogP contribution in [0.3, 0.4) is 0 Å².